The van der Waals surface area contributed by atoms with Crippen molar-refractivity contribution in [2.24, 2.45) is 0 Å². The van der Waals surface area contributed by atoms with Crippen molar-refractivity contribution in [2.75, 3.05) is 13.7 Å². The Bertz CT molecular complexity index is 414. The molecule has 0 fully saturated rings. The number of carbonyl (C=O) groups is 2. The minimum Gasteiger partial charge on any atom is -0.508 e. The number of rotatable bonds is 3. The molecule has 0 bridgehead atoms. The summed E-state index contributed by atoms with van der Waals surface area (Å²) in [5, 5.41) is 11.8. The smallest absolute Gasteiger partial charge is 0.325 e. The standard InChI is InChI=1S/C11H13NO4/c1-7-8(4-3-5-9(7)13)11(15)12-6-10(14)16-2/h3-5,13H,6H2,1-2H3,(H,12,15). The molecule has 2 N–H and O–H groups in total. The number of amides is 1. The van der Waals surface area contributed by atoms with Crippen molar-refractivity contribution in [1.29, 1.82) is 0 Å². The average Bonchev–Trinajstić information content (AvgIpc) is 2.29. The molecular formula is C11H13NO4. The molecule has 1 aromatic rings. The summed E-state index contributed by atoms with van der Waals surface area (Å²) < 4.78 is 4.39. The fourth-order valence-electron chi connectivity index (χ4n) is 1.19. The molecule has 0 unspecified atom stereocenters. The molecule has 0 aliphatic rings. The first kappa shape index (κ1) is 12.0. The zero-order chi connectivity index (χ0) is 12.1. The topological polar surface area (TPSA) is 75.6 Å². The molecule has 5 nitrogen and oxygen atoms in total. The monoisotopic (exact) mass is 223 g/mol. The van der Waals surface area contributed by atoms with Gasteiger partial charge >= 0.3 is 5.97 Å². The number of hydrogen-bond acceptors (Lipinski definition) is 4. The normalized spacial score (nSPS) is 9.62. The Morgan fingerprint density at radius 3 is 2.75 bits per heavy atom. The minimum absolute atomic E-state index is 0.0470. The molecule has 5 heteroatoms. The molecule has 16 heavy (non-hydrogen) atoms. The lowest BCUT2D eigenvalue weighted by Gasteiger charge is -2.07. The maximum absolute atomic E-state index is 11.6. The van der Waals surface area contributed by atoms with Gasteiger partial charge in [-0.3, -0.25) is 9.59 Å². The van der Waals surface area contributed by atoms with Crippen molar-refractivity contribution in [3.05, 3.63) is 29.3 Å². The van der Waals surface area contributed by atoms with Gasteiger partial charge in [0.1, 0.15) is 12.3 Å². The summed E-state index contributed by atoms with van der Waals surface area (Å²) in [6.45, 7) is 1.44. The summed E-state index contributed by atoms with van der Waals surface area (Å²) in [4.78, 5) is 22.4. The number of phenolic OH excluding ortho intramolecular Hbond substituents is 1. The second-order valence-corrected chi connectivity index (χ2v) is 3.21. The van der Waals surface area contributed by atoms with Gasteiger partial charge in [0.25, 0.3) is 5.91 Å². The van der Waals surface area contributed by atoms with Gasteiger partial charge in [-0.15, -0.1) is 0 Å². The average molecular weight is 223 g/mol. The van der Waals surface area contributed by atoms with Gasteiger partial charge in [0.05, 0.1) is 7.11 Å². The van der Waals surface area contributed by atoms with Crippen LogP contribution in [0.15, 0.2) is 18.2 Å². The molecule has 0 saturated heterocycles. The molecule has 86 valence electrons. The van der Waals surface area contributed by atoms with Crippen molar-refractivity contribution in [2.45, 2.75) is 6.92 Å². The summed E-state index contributed by atoms with van der Waals surface area (Å²) in [6, 6.07) is 4.63. The van der Waals surface area contributed by atoms with E-state index in [1.165, 1.54) is 13.2 Å². The summed E-state index contributed by atoms with van der Waals surface area (Å²) in [6.07, 6.45) is 0. The van der Waals surface area contributed by atoms with E-state index in [4.69, 9.17) is 0 Å². The number of esters is 1. The van der Waals surface area contributed by atoms with Crippen LogP contribution >= 0.6 is 0 Å². The summed E-state index contributed by atoms with van der Waals surface area (Å²) in [5.74, 6) is -0.893. The molecule has 0 heterocycles. The SMILES string of the molecule is COC(=O)CNC(=O)c1cccc(O)c1C. The largest absolute Gasteiger partial charge is 0.508 e. The number of hydrogen-bond donors (Lipinski definition) is 2. The Labute approximate surface area is 93.0 Å². The molecule has 0 aromatic heterocycles. The molecule has 0 radical (unpaired) electrons. The Kier molecular flexibility index (Phi) is 3.88. The summed E-state index contributed by atoms with van der Waals surface area (Å²) in [5.41, 5.74) is 0.814. The van der Waals surface area contributed by atoms with E-state index in [2.05, 4.69) is 10.1 Å². The van der Waals surface area contributed by atoms with Crippen LogP contribution < -0.4 is 5.32 Å². The first-order valence-corrected chi connectivity index (χ1v) is 4.70. The van der Waals surface area contributed by atoms with Gasteiger partial charge in [0, 0.05) is 11.1 Å². The fourth-order valence-corrected chi connectivity index (χ4v) is 1.19. The molecule has 0 atom stereocenters. The van der Waals surface area contributed by atoms with Crippen LogP contribution in [0.1, 0.15) is 15.9 Å². The Balaban J connectivity index is 2.74. The number of benzene rings is 1. The highest BCUT2D eigenvalue weighted by Gasteiger charge is 2.12. The van der Waals surface area contributed by atoms with Crippen molar-refractivity contribution in [1.82, 2.24) is 5.32 Å². The van der Waals surface area contributed by atoms with Crippen molar-refractivity contribution in [3.63, 3.8) is 0 Å². The van der Waals surface area contributed by atoms with Crippen molar-refractivity contribution >= 4 is 11.9 Å². The van der Waals surface area contributed by atoms with Gasteiger partial charge in [-0.1, -0.05) is 6.07 Å². The second-order valence-electron chi connectivity index (χ2n) is 3.21. The van der Waals surface area contributed by atoms with Crippen molar-refractivity contribution in [3.8, 4) is 5.75 Å². The maximum atomic E-state index is 11.6. The quantitative estimate of drug-likeness (QED) is 0.736. The van der Waals surface area contributed by atoms with E-state index >= 15 is 0 Å². The first-order chi connectivity index (χ1) is 7.56. The molecule has 0 aliphatic heterocycles. The predicted octanol–water partition coefficient (Wildman–Crippen LogP) is 0.603. The zero-order valence-electron chi connectivity index (χ0n) is 9.11. The van der Waals surface area contributed by atoms with Gasteiger partial charge < -0.3 is 15.2 Å². The molecule has 0 saturated carbocycles. The molecular weight excluding hydrogens is 210 g/mol. The van der Waals surface area contributed by atoms with Crippen LogP contribution in [-0.4, -0.2) is 30.6 Å². The maximum Gasteiger partial charge on any atom is 0.325 e. The van der Waals surface area contributed by atoms with Crippen LogP contribution in [-0.2, 0) is 9.53 Å². The minimum atomic E-state index is -0.522. The van der Waals surface area contributed by atoms with Crippen molar-refractivity contribution < 1.29 is 19.4 Å². The molecule has 1 aromatic carbocycles. The van der Waals surface area contributed by atoms with E-state index < -0.39 is 11.9 Å². The molecule has 0 spiro atoms. The van der Waals surface area contributed by atoms with Gasteiger partial charge in [0.15, 0.2) is 0 Å². The van der Waals surface area contributed by atoms with Gasteiger partial charge in [-0.2, -0.15) is 0 Å². The fraction of sp³-hybridized carbons (Fsp3) is 0.273. The van der Waals surface area contributed by atoms with Crippen LogP contribution in [0.2, 0.25) is 0 Å². The Morgan fingerprint density at radius 2 is 2.12 bits per heavy atom. The third-order valence-electron chi connectivity index (χ3n) is 2.17. The molecule has 0 aliphatic carbocycles. The van der Waals surface area contributed by atoms with E-state index in [1.807, 2.05) is 0 Å². The summed E-state index contributed by atoms with van der Waals surface area (Å²) in [7, 11) is 1.24. The highest BCUT2D eigenvalue weighted by atomic mass is 16.5. The number of methoxy groups -OCH3 is 1. The van der Waals surface area contributed by atoms with E-state index in [-0.39, 0.29) is 12.3 Å². The third-order valence-corrected chi connectivity index (χ3v) is 2.17. The van der Waals surface area contributed by atoms with E-state index in [0.29, 0.717) is 11.1 Å². The zero-order valence-corrected chi connectivity index (χ0v) is 9.11. The van der Waals surface area contributed by atoms with Crippen LogP contribution in [0.4, 0.5) is 0 Å². The van der Waals surface area contributed by atoms with Crippen LogP contribution in [0.3, 0.4) is 0 Å². The number of aromatic hydroxyl groups is 1. The predicted molar refractivity (Wildman–Crippen MR) is 57.2 cm³/mol. The van der Waals surface area contributed by atoms with Crippen LogP contribution in [0.5, 0.6) is 5.75 Å². The van der Waals surface area contributed by atoms with Gasteiger partial charge in [-0.25, -0.2) is 0 Å². The highest BCUT2D eigenvalue weighted by Crippen LogP contribution is 2.19. The van der Waals surface area contributed by atoms with E-state index in [0.717, 1.165) is 0 Å². The molecule has 1 rings (SSSR count). The van der Waals surface area contributed by atoms with E-state index in [9.17, 15) is 14.7 Å². The van der Waals surface area contributed by atoms with Gasteiger partial charge in [0.2, 0.25) is 0 Å². The van der Waals surface area contributed by atoms with Gasteiger partial charge in [-0.05, 0) is 19.1 Å². The lowest BCUT2D eigenvalue weighted by Crippen LogP contribution is -2.30. The lowest BCUT2D eigenvalue weighted by atomic mass is 10.1. The third kappa shape index (κ3) is 2.73. The van der Waals surface area contributed by atoms with E-state index in [1.54, 1.807) is 19.1 Å². The number of nitrogens with one attached hydrogen (secondary N) is 1. The highest BCUT2D eigenvalue weighted by molar-refractivity contribution is 5.97. The Hall–Kier alpha value is -2.04. The Morgan fingerprint density at radius 1 is 1.44 bits per heavy atom. The number of ether oxygens (including phenoxy) is 1. The number of carbonyl (C=O) groups excluding carboxylic acids is 2. The lowest BCUT2D eigenvalue weighted by molar-refractivity contribution is -0.139. The van der Waals surface area contributed by atoms with Crippen LogP contribution in [0, 0.1) is 6.92 Å². The molecule has 1 amide bonds. The number of phenols is 1. The summed E-state index contributed by atoms with van der Waals surface area (Å²) >= 11 is 0. The first-order valence-electron chi connectivity index (χ1n) is 4.70. The van der Waals surface area contributed by atoms with Crippen LogP contribution in [0.25, 0.3) is 0 Å². The second kappa shape index (κ2) is 5.16.